The summed E-state index contributed by atoms with van der Waals surface area (Å²) in [7, 11) is 1.63. The van der Waals surface area contributed by atoms with Crippen LogP contribution in [0, 0.1) is 14.9 Å². The fourth-order valence-electron chi connectivity index (χ4n) is 2.77. The van der Waals surface area contributed by atoms with Crippen molar-refractivity contribution in [2.75, 3.05) is 20.3 Å². The van der Waals surface area contributed by atoms with Crippen molar-refractivity contribution >= 4 is 63.2 Å². The summed E-state index contributed by atoms with van der Waals surface area (Å²) in [4.78, 5) is 30.1. The first-order chi connectivity index (χ1) is 15.3. The first kappa shape index (κ1) is 23.6. The monoisotopic (exact) mass is 563 g/mol. The van der Waals surface area contributed by atoms with Crippen molar-refractivity contribution in [1.82, 2.24) is 4.90 Å². The molecule has 32 heavy (non-hydrogen) atoms. The van der Waals surface area contributed by atoms with Crippen LogP contribution in [-0.2, 0) is 4.79 Å². The van der Waals surface area contributed by atoms with Gasteiger partial charge in [-0.05, 0) is 89.3 Å². The number of carboxylic acids is 1. The minimum Gasteiger partial charge on any atom is -0.490 e. The van der Waals surface area contributed by atoms with Gasteiger partial charge >= 0.3 is 5.97 Å². The van der Waals surface area contributed by atoms with Gasteiger partial charge in [-0.3, -0.25) is 9.69 Å². The van der Waals surface area contributed by atoms with E-state index in [-0.39, 0.29) is 18.1 Å². The Balaban J connectivity index is 1.89. The molecule has 8 nitrogen and oxygen atoms in total. The molecule has 1 N–H and O–H groups in total. The van der Waals surface area contributed by atoms with E-state index in [1.165, 1.54) is 28.8 Å². The number of halogens is 1. The molecule has 164 valence electrons. The SMILES string of the molecule is CCOc1cc(/C=C2\SC(=Nc3ccc(C(=O)O)cc3)N(C)C2=O)cc(I)c1OCC#N. The highest BCUT2D eigenvalue weighted by molar-refractivity contribution is 14.1. The average Bonchev–Trinajstić information content (AvgIpc) is 3.01. The maximum Gasteiger partial charge on any atom is 0.335 e. The van der Waals surface area contributed by atoms with Crippen LogP contribution in [0.25, 0.3) is 6.08 Å². The van der Waals surface area contributed by atoms with Crippen molar-refractivity contribution in [2.45, 2.75) is 6.92 Å². The first-order valence-electron chi connectivity index (χ1n) is 9.39. The Kier molecular flexibility index (Phi) is 7.76. The molecule has 10 heteroatoms. The Labute approximate surface area is 202 Å². The second-order valence-electron chi connectivity index (χ2n) is 6.43. The van der Waals surface area contributed by atoms with Crippen LogP contribution in [0.3, 0.4) is 0 Å². The molecule has 0 bridgehead atoms. The molecule has 1 aliphatic rings. The standard InChI is InChI=1S/C22H18IN3O5S/c1-3-30-17-11-13(10-16(23)19(17)31-9-8-24)12-18-20(27)26(2)22(32-18)25-15-6-4-14(5-7-15)21(28)29/h4-7,10-12H,3,9H2,1-2H3,(H,28,29)/b18-12-,25-22?. The van der Waals surface area contributed by atoms with Gasteiger partial charge in [0, 0.05) is 7.05 Å². The highest BCUT2D eigenvalue weighted by Gasteiger charge is 2.30. The number of carbonyl (C=O) groups is 2. The third kappa shape index (κ3) is 5.41. The number of hydrogen-bond donors (Lipinski definition) is 1. The molecule has 0 radical (unpaired) electrons. The molecule has 1 amide bonds. The van der Waals surface area contributed by atoms with Crippen LogP contribution < -0.4 is 9.47 Å². The summed E-state index contributed by atoms with van der Waals surface area (Å²) in [5, 5.41) is 18.3. The highest BCUT2D eigenvalue weighted by Crippen LogP contribution is 2.37. The molecule has 1 fully saturated rings. The second kappa shape index (κ2) is 10.5. The van der Waals surface area contributed by atoms with Gasteiger partial charge in [-0.2, -0.15) is 5.26 Å². The van der Waals surface area contributed by atoms with Crippen molar-refractivity contribution in [3.63, 3.8) is 0 Å². The number of likely N-dealkylation sites (N-methyl/N-ethyl adjacent to an activating group) is 1. The van der Waals surface area contributed by atoms with Gasteiger partial charge in [0.1, 0.15) is 6.07 Å². The van der Waals surface area contributed by atoms with Gasteiger partial charge in [-0.15, -0.1) is 0 Å². The van der Waals surface area contributed by atoms with E-state index in [9.17, 15) is 9.59 Å². The number of aliphatic imine (C=N–C) groups is 1. The fourth-order valence-corrected chi connectivity index (χ4v) is 4.54. The molecule has 0 spiro atoms. The number of amidine groups is 1. The number of carboxylic acid groups (broad SMARTS) is 1. The van der Waals surface area contributed by atoms with Gasteiger partial charge in [0.05, 0.1) is 26.3 Å². The zero-order valence-corrected chi connectivity index (χ0v) is 20.1. The second-order valence-corrected chi connectivity index (χ2v) is 8.60. The number of hydrogen-bond acceptors (Lipinski definition) is 7. The van der Waals surface area contributed by atoms with E-state index < -0.39 is 5.97 Å². The van der Waals surface area contributed by atoms with Crippen LogP contribution in [0.1, 0.15) is 22.8 Å². The zero-order valence-electron chi connectivity index (χ0n) is 17.2. The van der Waals surface area contributed by atoms with E-state index in [2.05, 4.69) is 27.6 Å². The van der Waals surface area contributed by atoms with Crippen molar-refractivity contribution < 1.29 is 24.2 Å². The van der Waals surface area contributed by atoms with E-state index in [1.807, 2.05) is 19.1 Å². The number of rotatable bonds is 7. The smallest absolute Gasteiger partial charge is 0.335 e. The van der Waals surface area contributed by atoms with Crippen LogP contribution in [0.4, 0.5) is 5.69 Å². The molecule has 0 aromatic heterocycles. The summed E-state index contributed by atoms with van der Waals surface area (Å²) in [5.41, 5.74) is 1.46. The van der Waals surface area contributed by atoms with Crippen LogP contribution in [0.5, 0.6) is 11.5 Å². The zero-order chi connectivity index (χ0) is 23.3. The maximum atomic E-state index is 12.7. The van der Waals surface area contributed by atoms with Crippen LogP contribution in [0.15, 0.2) is 46.3 Å². The molecule has 1 saturated heterocycles. The average molecular weight is 563 g/mol. The minimum absolute atomic E-state index is 0.0943. The number of amides is 1. The van der Waals surface area contributed by atoms with Gasteiger partial charge in [0.15, 0.2) is 23.3 Å². The number of benzene rings is 2. The molecule has 3 rings (SSSR count). The van der Waals surface area contributed by atoms with Gasteiger partial charge < -0.3 is 14.6 Å². The Morgan fingerprint density at radius 2 is 2.03 bits per heavy atom. The topological polar surface area (TPSA) is 112 Å². The molecular weight excluding hydrogens is 545 g/mol. The first-order valence-corrected chi connectivity index (χ1v) is 11.3. The van der Waals surface area contributed by atoms with Crippen LogP contribution >= 0.6 is 34.4 Å². The summed E-state index contributed by atoms with van der Waals surface area (Å²) in [6, 6.07) is 11.7. The third-order valence-electron chi connectivity index (χ3n) is 4.25. The quantitative estimate of drug-likeness (QED) is 0.389. The number of nitriles is 1. The Bertz CT molecular complexity index is 1160. The van der Waals surface area contributed by atoms with Gasteiger partial charge in [-0.25, -0.2) is 9.79 Å². The van der Waals surface area contributed by atoms with E-state index in [4.69, 9.17) is 19.8 Å². The number of aromatic carboxylic acids is 1. The number of ether oxygens (including phenoxy) is 2. The van der Waals surface area contributed by atoms with Crippen molar-refractivity contribution in [3.05, 3.63) is 56.0 Å². The van der Waals surface area contributed by atoms with Gasteiger partial charge in [0.2, 0.25) is 0 Å². The lowest BCUT2D eigenvalue weighted by atomic mass is 10.2. The minimum atomic E-state index is -1.01. The van der Waals surface area contributed by atoms with Crippen molar-refractivity contribution in [1.29, 1.82) is 5.26 Å². The molecule has 2 aromatic carbocycles. The largest absolute Gasteiger partial charge is 0.490 e. The molecule has 2 aromatic rings. The van der Waals surface area contributed by atoms with Crippen LogP contribution in [-0.4, -0.2) is 47.3 Å². The number of thioether (sulfide) groups is 1. The fraction of sp³-hybridized carbons (Fsp3) is 0.182. The summed E-state index contributed by atoms with van der Waals surface area (Å²) < 4.78 is 11.9. The Morgan fingerprint density at radius 3 is 2.66 bits per heavy atom. The van der Waals surface area contributed by atoms with Crippen LogP contribution in [0.2, 0.25) is 0 Å². The predicted octanol–water partition coefficient (Wildman–Crippen LogP) is 4.52. The van der Waals surface area contributed by atoms with Crippen molar-refractivity contribution in [2.24, 2.45) is 4.99 Å². The lowest BCUT2D eigenvalue weighted by molar-refractivity contribution is -0.121. The summed E-state index contributed by atoms with van der Waals surface area (Å²) in [6.45, 7) is 2.18. The van der Waals surface area contributed by atoms with E-state index >= 15 is 0 Å². The molecule has 1 heterocycles. The maximum absolute atomic E-state index is 12.7. The lowest BCUT2D eigenvalue weighted by Crippen LogP contribution is -2.23. The molecule has 1 aliphatic heterocycles. The number of carbonyl (C=O) groups excluding carboxylic acids is 1. The third-order valence-corrected chi connectivity index (χ3v) is 6.11. The molecule has 0 saturated carbocycles. The molecule has 0 unspecified atom stereocenters. The molecular formula is C22H18IN3O5S. The normalized spacial score (nSPS) is 15.8. The number of nitrogens with zero attached hydrogens (tertiary/aromatic N) is 3. The van der Waals surface area contributed by atoms with E-state index in [0.717, 1.165) is 9.13 Å². The highest BCUT2D eigenvalue weighted by atomic mass is 127. The summed E-state index contributed by atoms with van der Waals surface area (Å²) in [6.07, 6.45) is 1.75. The molecule has 0 atom stereocenters. The molecule has 0 aliphatic carbocycles. The van der Waals surface area contributed by atoms with E-state index in [0.29, 0.717) is 33.9 Å². The van der Waals surface area contributed by atoms with E-state index in [1.54, 1.807) is 31.3 Å². The van der Waals surface area contributed by atoms with Crippen molar-refractivity contribution in [3.8, 4) is 17.6 Å². The predicted molar refractivity (Wildman–Crippen MR) is 130 cm³/mol. The lowest BCUT2D eigenvalue weighted by Gasteiger charge is -2.13. The van der Waals surface area contributed by atoms with Gasteiger partial charge in [-0.1, -0.05) is 0 Å². The summed E-state index contributed by atoms with van der Waals surface area (Å²) >= 11 is 3.33. The Hall–Kier alpha value is -3.04. The Morgan fingerprint density at radius 1 is 1.31 bits per heavy atom. The van der Waals surface area contributed by atoms with Gasteiger partial charge in [0.25, 0.3) is 5.91 Å². The summed E-state index contributed by atoms with van der Waals surface area (Å²) in [5.74, 6) is -0.223.